The van der Waals surface area contributed by atoms with Gasteiger partial charge in [-0.05, 0) is 51.7 Å². The van der Waals surface area contributed by atoms with Crippen LogP contribution in [-0.4, -0.2) is 29.0 Å². The second-order valence-corrected chi connectivity index (χ2v) is 7.70. The Hall–Kier alpha value is -2.89. The fourth-order valence-electron chi connectivity index (χ4n) is 4.02. The summed E-state index contributed by atoms with van der Waals surface area (Å²) in [5.74, 6) is 1.72. The number of fused-ring (bicyclic) bond motifs is 1. The summed E-state index contributed by atoms with van der Waals surface area (Å²) in [5.41, 5.74) is 4.77. The molecule has 4 rings (SSSR count). The Morgan fingerprint density at radius 3 is 2.68 bits per heavy atom. The van der Waals surface area contributed by atoms with Crippen molar-refractivity contribution in [2.75, 3.05) is 23.3 Å². The molecule has 1 aromatic carbocycles. The van der Waals surface area contributed by atoms with Crippen LogP contribution in [0.4, 0.5) is 11.5 Å². The van der Waals surface area contributed by atoms with Gasteiger partial charge in [-0.1, -0.05) is 18.2 Å². The fraction of sp³-hybridized carbons (Fsp3) is 0.409. The minimum absolute atomic E-state index is 0.0764. The Kier molecular flexibility index (Phi) is 4.79. The highest BCUT2D eigenvalue weighted by atomic mass is 16.3. The van der Waals surface area contributed by atoms with E-state index in [1.807, 2.05) is 45.9 Å². The number of rotatable bonds is 3. The summed E-state index contributed by atoms with van der Waals surface area (Å²) >= 11 is 0. The van der Waals surface area contributed by atoms with Crippen LogP contribution >= 0.6 is 0 Å². The zero-order valence-corrected chi connectivity index (χ0v) is 16.9. The highest BCUT2D eigenvalue weighted by Crippen LogP contribution is 2.33. The number of piperidine rings is 1. The van der Waals surface area contributed by atoms with Gasteiger partial charge in [-0.2, -0.15) is 0 Å². The fourth-order valence-corrected chi connectivity index (χ4v) is 4.02. The standard InChI is InChI=1S/C22H26N4O2/c1-13-7-5-8-14(2)19(13)25-21(27)17-9-6-10-26(11-17)20-18-15(3)16(4)28-22(18)24-12-23-20/h5,7-8,12,17H,6,9-11H2,1-4H3,(H,25,27)/t17-/m0/s1. The lowest BCUT2D eigenvalue weighted by Gasteiger charge is -2.33. The largest absolute Gasteiger partial charge is 0.443 e. The molecule has 3 aromatic rings. The number of aromatic nitrogens is 2. The molecule has 1 aliphatic rings. The summed E-state index contributed by atoms with van der Waals surface area (Å²) in [7, 11) is 0. The first-order chi connectivity index (χ1) is 13.5. The molecule has 0 unspecified atom stereocenters. The highest BCUT2D eigenvalue weighted by Gasteiger charge is 2.29. The molecule has 1 N–H and O–H groups in total. The number of carbonyl (C=O) groups excluding carboxylic acids is 1. The molecule has 3 heterocycles. The molecular weight excluding hydrogens is 352 g/mol. The molecule has 6 nitrogen and oxygen atoms in total. The number of amides is 1. The van der Waals surface area contributed by atoms with Gasteiger partial charge in [-0.3, -0.25) is 4.79 Å². The predicted octanol–water partition coefficient (Wildman–Crippen LogP) is 4.31. The van der Waals surface area contributed by atoms with Crippen molar-refractivity contribution in [2.45, 2.75) is 40.5 Å². The maximum Gasteiger partial charge on any atom is 0.231 e. The van der Waals surface area contributed by atoms with Crippen LogP contribution in [0, 0.1) is 33.6 Å². The van der Waals surface area contributed by atoms with Crippen LogP contribution in [0.1, 0.15) is 35.3 Å². The first kappa shape index (κ1) is 18.5. The van der Waals surface area contributed by atoms with Crippen molar-refractivity contribution in [3.63, 3.8) is 0 Å². The molecule has 1 aliphatic heterocycles. The zero-order chi connectivity index (χ0) is 19.8. The minimum Gasteiger partial charge on any atom is -0.443 e. The predicted molar refractivity (Wildman–Crippen MR) is 111 cm³/mol. The average molecular weight is 378 g/mol. The van der Waals surface area contributed by atoms with Crippen LogP contribution < -0.4 is 10.2 Å². The van der Waals surface area contributed by atoms with E-state index in [2.05, 4.69) is 20.2 Å². The van der Waals surface area contributed by atoms with Crippen LogP contribution in [0.25, 0.3) is 11.1 Å². The zero-order valence-electron chi connectivity index (χ0n) is 16.9. The Morgan fingerprint density at radius 2 is 1.93 bits per heavy atom. The molecule has 2 aromatic heterocycles. The molecule has 1 fully saturated rings. The van der Waals surface area contributed by atoms with Gasteiger partial charge in [0.25, 0.3) is 0 Å². The van der Waals surface area contributed by atoms with Gasteiger partial charge in [0.2, 0.25) is 11.6 Å². The summed E-state index contributed by atoms with van der Waals surface area (Å²) < 4.78 is 5.75. The first-order valence-corrected chi connectivity index (χ1v) is 9.78. The number of para-hydroxylation sites is 1. The maximum absolute atomic E-state index is 13.0. The number of aryl methyl sites for hydroxylation is 4. The summed E-state index contributed by atoms with van der Waals surface area (Å²) in [6, 6.07) is 6.06. The van der Waals surface area contributed by atoms with Gasteiger partial charge in [-0.15, -0.1) is 0 Å². The molecule has 1 atom stereocenters. The van der Waals surface area contributed by atoms with Gasteiger partial charge in [0.1, 0.15) is 17.9 Å². The Labute approximate surface area is 165 Å². The topological polar surface area (TPSA) is 71.3 Å². The summed E-state index contributed by atoms with van der Waals surface area (Å²) in [5, 5.41) is 4.11. The van der Waals surface area contributed by atoms with E-state index in [-0.39, 0.29) is 11.8 Å². The van der Waals surface area contributed by atoms with Crippen molar-refractivity contribution in [2.24, 2.45) is 5.92 Å². The van der Waals surface area contributed by atoms with E-state index in [9.17, 15) is 4.79 Å². The molecule has 1 amide bonds. The number of benzene rings is 1. The number of carbonyl (C=O) groups is 1. The van der Waals surface area contributed by atoms with Crippen LogP contribution in [-0.2, 0) is 4.79 Å². The van der Waals surface area contributed by atoms with Gasteiger partial charge in [0.15, 0.2) is 0 Å². The van der Waals surface area contributed by atoms with E-state index < -0.39 is 0 Å². The number of hydrogen-bond donors (Lipinski definition) is 1. The van der Waals surface area contributed by atoms with Crippen molar-refractivity contribution < 1.29 is 9.21 Å². The van der Waals surface area contributed by atoms with Crippen molar-refractivity contribution in [1.82, 2.24) is 9.97 Å². The molecule has 6 heteroatoms. The molecule has 146 valence electrons. The van der Waals surface area contributed by atoms with Gasteiger partial charge < -0.3 is 14.6 Å². The van der Waals surface area contributed by atoms with Crippen LogP contribution in [0.15, 0.2) is 28.9 Å². The van der Waals surface area contributed by atoms with E-state index in [0.29, 0.717) is 12.3 Å². The molecule has 0 aliphatic carbocycles. The maximum atomic E-state index is 13.0. The number of furan rings is 1. The normalized spacial score (nSPS) is 17.1. The van der Waals surface area contributed by atoms with Crippen LogP contribution in [0.5, 0.6) is 0 Å². The van der Waals surface area contributed by atoms with E-state index in [4.69, 9.17) is 4.42 Å². The second kappa shape index (κ2) is 7.26. The third-order valence-electron chi connectivity index (χ3n) is 5.77. The molecule has 28 heavy (non-hydrogen) atoms. The lowest BCUT2D eigenvalue weighted by molar-refractivity contribution is -0.120. The van der Waals surface area contributed by atoms with E-state index >= 15 is 0 Å². The van der Waals surface area contributed by atoms with Crippen LogP contribution in [0.2, 0.25) is 0 Å². The number of nitrogens with zero attached hydrogens (tertiary/aromatic N) is 3. The Balaban J connectivity index is 1.58. The van der Waals surface area contributed by atoms with E-state index in [1.54, 1.807) is 6.33 Å². The molecule has 0 saturated carbocycles. The summed E-state index contributed by atoms with van der Waals surface area (Å²) in [4.78, 5) is 24.0. The quantitative estimate of drug-likeness (QED) is 0.735. The number of nitrogens with one attached hydrogen (secondary N) is 1. The summed E-state index contributed by atoms with van der Waals surface area (Å²) in [6.45, 7) is 9.55. The summed E-state index contributed by atoms with van der Waals surface area (Å²) in [6.07, 6.45) is 3.37. The van der Waals surface area contributed by atoms with Crippen molar-refractivity contribution in [3.05, 3.63) is 47.0 Å². The number of anilines is 2. The third kappa shape index (κ3) is 3.23. The smallest absolute Gasteiger partial charge is 0.231 e. The monoisotopic (exact) mass is 378 g/mol. The molecular formula is C22H26N4O2. The third-order valence-corrected chi connectivity index (χ3v) is 5.77. The molecule has 1 saturated heterocycles. The van der Waals surface area contributed by atoms with E-state index in [0.717, 1.165) is 58.7 Å². The van der Waals surface area contributed by atoms with Crippen molar-refractivity contribution >= 4 is 28.5 Å². The minimum atomic E-state index is -0.0777. The van der Waals surface area contributed by atoms with E-state index in [1.165, 1.54) is 0 Å². The second-order valence-electron chi connectivity index (χ2n) is 7.70. The van der Waals surface area contributed by atoms with Gasteiger partial charge >= 0.3 is 0 Å². The van der Waals surface area contributed by atoms with Crippen molar-refractivity contribution in [3.8, 4) is 0 Å². The highest BCUT2D eigenvalue weighted by molar-refractivity contribution is 5.95. The molecule has 0 radical (unpaired) electrons. The Morgan fingerprint density at radius 1 is 1.18 bits per heavy atom. The van der Waals surface area contributed by atoms with Crippen LogP contribution in [0.3, 0.4) is 0 Å². The first-order valence-electron chi connectivity index (χ1n) is 9.78. The van der Waals surface area contributed by atoms with Gasteiger partial charge in [0, 0.05) is 24.3 Å². The van der Waals surface area contributed by atoms with Crippen molar-refractivity contribution in [1.29, 1.82) is 0 Å². The van der Waals surface area contributed by atoms with Gasteiger partial charge in [0.05, 0.1) is 11.3 Å². The SMILES string of the molecule is Cc1cccc(C)c1NC(=O)[C@H]1CCCN(c2ncnc3oc(C)c(C)c23)C1. The number of hydrogen-bond acceptors (Lipinski definition) is 5. The average Bonchev–Trinajstić information content (AvgIpc) is 2.99. The molecule has 0 bridgehead atoms. The lowest BCUT2D eigenvalue weighted by atomic mass is 9.96. The van der Waals surface area contributed by atoms with Gasteiger partial charge in [-0.25, -0.2) is 9.97 Å². The molecule has 0 spiro atoms. The lowest BCUT2D eigenvalue weighted by Crippen LogP contribution is -2.41. The Bertz CT molecular complexity index is 1020.